The van der Waals surface area contributed by atoms with Gasteiger partial charge in [-0.15, -0.1) is 6.42 Å². The number of nitrogens with zero attached hydrogens (tertiary/aromatic N) is 1. The molecule has 0 aliphatic carbocycles. The molecule has 2 aromatic rings. The predicted octanol–water partition coefficient (Wildman–Crippen LogP) is 3.46. The molecule has 2 heterocycles. The van der Waals surface area contributed by atoms with Crippen molar-refractivity contribution in [2.45, 2.75) is 32.7 Å². The van der Waals surface area contributed by atoms with Crippen LogP contribution in [0.25, 0.3) is 0 Å². The maximum absolute atomic E-state index is 12.7. The zero-order valence-electron chi connectivity index (χ0n) is 17.6. The summed E-state index contributed by atoms with van der Waals surface area (Å²) in [5.41, 5.74) is 0.965. The normalized spacial score (nSPS) is 13.7. The molecule has 1 aromatic heterocycles. The highest BCUT2D eigenvalue weighted by Crippen LogP contribution is 2.26. The summed E-state index contributed by atoms with van der Waals surface area (Å²) < 4.78 is 5.19. The Labute approximate surface area is 185 Å². The molecule has 0 radical (unpaired) electrons. The number of thiophene rings is 1. The van der Waals surface area contributed by atoms with Gasteiger partial charge in [-0.2, -0.15) is 0 Å². The van der Waals surface area contributed by atoms with Gasteiger partial charge in [-0.1, -0.05) is 17.3 Å². The Balaban J connectivity index is 1.62. The lowest BCUT2D eigenvalue weighted by Gasteiger charge is -2.29. The van der Waals surface area contributed by atoms with Crippen LogP contribution in [0.2, 0.25) is 0 Å². The first-order chi connectivity index (χ1) is 14.7. The highest BCUT2D eigenvalue weighted by atomic mass is 32.1. The van der Waals surface area contributed by atoms with Crippen molar-refractivity contribution in [2.24, 2.45) is 0 Å². The average Bonchev–Trinajstić information content (AvgIpc) is 3.16. The summed E-state index contributed by atoms with van der Waals surface area (Å²) in [5, 5.41) is 8.51. The predicted molar refractivity (Wildman–Crippen MR) is 121 cm³/mol. The summed E-state index contributed by atoms with van der Waals surface area (Å²) in [6.07, 6.45) is 5.42. The molecule has 0 atom stereocenters. The molecule has 8 nitrogen and oxygen atoms in total. The summed E-state index contributed by atoms with van der Waals surface area (Å²) in [6.45, 7) is 6.34. The van der Waals surface area contributed by atoms with Crippen molar-refractivity contribution in [1.82, 2.24) is 10.6 Å². The van der Waals surface area contributed by atoms with Crippen molar-refractivity contribution < 1.29 is 19.1 Å². The van der Waals surface area contributed by atoms with Crippen LogP contribution >= 0.6 is 11.3 Å². The standard InChI is InChI=1S/C22H24N4O4S/c1-5-16-8-10-18(31-16)30-21(29)25-22(3,4)19(27)24-15-7-9-17(14(2)13-15)26-12-6-11-23-20(26)28/h1,7-10,13H,6,11-12H2,2-4H3,(H,23,28)(H,24,27)(H,25,29). The van der Waals surface area contributed by atoms with Gasteiger partial charge in [-0.25, -0.2) is 9.59 Å². The lowest BCUT2D eigenvalue weighted by Crippen LogP contribution is -2.53. The van der Waals surface area contributed by atoms with Crippen LogP contribution < -0.4 is 25.6 Å². The van der Waals surface area contributed by atoms with E-state index < -0.39 is 17.5 Å². The molecule has 1 aliphatic heterocycles. The number of anilines is 2. The van der Waals surface area contributed by atoms with Gasteiger partial charge in [0.25, 0.3) is 0 Å². The Bertz CT molecular complexity index is 1050. The van der Waals surface area contributed by atoms with Gasteiger partial charge in [0.2, 0.25) is 5.91 Å². The van der Waals surface area contributed by atoms with Crippen molar-refractivity contribution >= 4 is 40.7 Å². The van der Waals surface area contributed by atoms with Gasteiger partial charge in [0.05, 0.1) is 4.88 Å². The third kappa shape index (κ3) is 5.35. The van der Waals surface area contributed by atoms with Crippen molar-refractivity contribution in [3.05, 3.63) is 40.8 Å². The van der Waals surface area contributed by atoms with E-state index in [-0.39, 0.29) is 6.03 Å². The second-order valence-electron chi connectivity index (χ2n) is 7.60. The molecular formula is C22H24N4O4S. The minimum atomic E-state index is -1.23. The molecule has 0 spiro atoms. The molecule has 162 valence electrons. The average molecular weight is 441 g/mol. The van der Waals surface area contributed by atoms with Crippen LogP contribution in [0, 0.1) is 19.3 Å². The molecule has 0 unspecified atom stereocenters. The quantitative estimate of drug-likeness (QED) is 0.620. The highest BCUT2D eigenvalue weighted by molar-refractivity contribution is 7.14. The third-order valence-electron chi connectivity index (χ3n) is 4.72. The molecule has 31 heavy (non-hydrogen) atoms. The van der Waals surface area contributed by atoms with Crippen LogP contribution in [0.15, 0.2) is 30.3 Å². The fourth-order valence-electron chi connectivity index (χ4n) is 3.06. The number of aryl methyl sites for hydroxylation is 1. The second kappa shape index (κ2) is 9.10. The smallest absolute Gasteiger partial charge is 0.399 e. The molecule has 3 rings (SSSR count). The maximum atomic E-state index is 12.7. The number of terminal acetylenes is 1. The zero-order valence-corrected chi connectivity index (χ0v) is 18.4. The van der Waals surface area contributed by atoms with E-state index in [1.165, 1.54) is 0 Å². The largest absolute Gasteiger partial charge is 0.414 e. The van der Waals surface area contributed by atoms with Crippen LogP contribution in [0.1, 0.15) is 30.7 Å². The number of amides is 4. The summed E-state index contributed by atoms with van der Waals surface area (Å²) in [6, 6.07) is 8.45. The Morgan fingerprint density at radius 3 is 2.71 bits per heavy atom. The number of rotatable bonds is 5. The summed E-state index contributed by atoms with van der Waals surface area (Å²) >= 11 is 1.16. The first-order valence-electron chi connectivity index (χ1n) is 9.73. The van der Waals surface area contributed by atoms with Gasteiger partial charge in [-0.3, -0.25) is 9.69 Å². The third-order valence-corrected chi connectivity index (χ3v) is 5.62. The minimum Gasteiger partial charge on any atom is -0.399 e. The topological polar surface area (TPSA) is 99.8 Å². The maximum Gasteiger partial charge on any atom is 0.414 e. The number of nitrogens with one attached hydrogen (secondary N) is 3. The van der Waals surface area contributed by atoms with Crippen molar-refractivity contribution in [1.29, 1.82) is 0 Å². The Kier molecular flexibility index (Phi) is 6.51. The molecule has 9 heteroatoms. The van der Waals surface area contributed by atoms with Crippen molar-refractivity contribution in [3.8, 4) is 17.4 Å². The molecule has 3 N–H and O–H groups in total. The second-order valence-corrected chi connectivity index (χ2v) is 8.64. The van der Waals surface area contributed by atoms with Gasteiger partial charge in [0, 0.05) is 24.5 Å². The fourth-order valence-corrected chi connectivity index (χ4v) is 3.73. The first-order valence-corrected chi connectivity index (χ1v) is 10.5. The van der Waals surface area contributed by atoms with E-state index in [9.17, 15) is 14.4 Å². The number of benzene rings is 1. The van der Waals surface area contributed by atoms with E-state index in [1.807, 2.05) is 6.92 Å². The van der Waals surface area contributed by atoms with Gasteiger partial charge in [-0.05, 0) is 63.1 Å². The molecule has 4 amide bonds. The molecule has 0 saturated carbocycles. The summed E-state index contributed by atoms with van der Waals surface area (Å²) in [4.78, 5) is 39.3. The van der Waals surface area contributed by atoms with Gasteiger partial charge in [0.1, 0.15) is 5.54 Å². The van der Waals surface area contributed by atoms with Gasteiger partial charge in [0.15, 0.2) is 5.06 Å². The minimum absolute atomic E-state index is 0.130. The monoisotopic (exact) mass is 440 g/mol. The lowest BCUT2D eigenvalue weighted by atomic mass is 10.0. The Morgan fingerprint density at radius 1 is 1.29 bits per heavy atom. The number of urea groups is 1. The van der Waals surface area contributed by atoms with Crippen molar-refractivity contribution in [3.63, 3.8) is 0 Å². The molecule has 1 fully saturated rings. The Morgan fingerprint density at radius 2 is 2.06 bits per heavy atom. The van der Waals surface area contributed by atoms with Crippen LogP contribution in [-0.2, 0) is 4.79 Å². The van der Waals surface area contributed by atoms with Gasteiger partial charge >= 0.3 is 12.1 Å². The van der Waals surface area contributed by atoms with E-state index in [0.29, 0.717) is 28.7 Å². The van der Waals surface area contributed by atoms with Crippen LogP contribution in [0.4, 0.5) is 21.0 Å². The molecule has 0 bridgehead atoms. The van der Waals surface area contributed by atoms with E-state index in [4.69, 9.17) is 11.2 Å². The first kappa shape index (κ1) is 22.2. The van der Waals surface area contributed by atoms with Crippen LogP contribution in [0.3, 0.4) is 0 Å². The van der Waals surface area contributed by atoms with Crippen LogP contribution in [-0.4, -0.2) is 36.7 Å². The summed E-state index contributed by atoms with van der Waals surface area (Å²) in [7, 11) is 0. The van der Waals surface area contributed by atoms with Gasteiger partial charge < -0.3 is 20.7 Å². The molecular weight excluding hydrogens is 416 g/mol. The fraction of sp³-hybridized carbons (Fsp3) is 0.318. The molecule has 1 aromatic carbocycles. The number of carbonyl (C=O) groups excluding carboxylic acids is 3. The number of hydrogen-bond acceptors (Lipinski definition) is 5. The SMILES string of the molecule is C#Cc1ccc(OC(=O)NC(C)(C)C(=O)Nc2ccc(N3CCCNC3=O)c(C)c2)s1. The summed E-state index contributed by atoms with van der Waals surface area (Å²) in [5.74, 6) is 2.05. The molecule has 1 saturated heterocycles. The Hall–Kier alpha value is -3.51. The van der Waals surface area contributed by atoms with E-state index >= 15 is 0 Å². The van der Waals surface area contributed by atoms with Crippen molar-refractivity contribution in [2.75, 3.05) is 23.3 Å². The number of hydrogen-bond donors (Lipinski definition) is 3. The van der Waals surface area contributed by atoms with E-state index in [0.717, 1.165) is 29.0 Å². The van der Waals surface area contributed by atoms with Crippen LogP contribution in [0.5, 0.6) is 5.06 Å². The molecule has 1 aliphatic rings. The lowest BCUT2D eigenvalue weighted by molar-refractivity contribution is -0.121. The number of carbonyl (C=O) groups is 3. The highest BCUT2D eigenvalue weighted by Gasteiger charge is 2.31. The zero-order chi connectivity index (χ0) is 22.6. The van der Waals surface area contributed by atoms with E-state index in [1.54, 1.807) is 49.1 Å². The number of ether oxygens (including phenoxy) is 1. The van der Waals surface area contributed by atoms with E-state index in [2.05, 4.69) is 21.9 Å².